The zero-order chi connectivity index (χ0) is 12.8. The minimum Gasteiger partial charge on any atom is -0.481 e. The third-order valence-corrected chi connectivity index (χ3v) is 3.21. The van der Waals surface area contributed by atoms with Gasteiger partial charge in [-0.1, -0.05) is 24.3 Å². The number of carboxylic acid groups (broad SMARTS) is 1. The number of benzene rings is 1. The maximum Gasteiger partial charge on any atom is 0.303 e. The molecule has 0 saturated heterocycles. The van der Waals surface area contributed by atoms with E-state index in [1.165, 1.54) is 11.1 Å². The smallest absolute Gasteiger partial charge is 0.303 e. The van der Waals surface area contributed by atoms with Gasteiger partial charge in [-0.05, 0) is 38.4 Å². The Labute approximate surface area is 103 Å². The molecule has 0 aliphatic heterocycles. The van der Waals surface area contributed by atoms with Gasteiger partial charge in [0.2, 0.25) is 0 Å². The molecule has 1 atom stereocenters. The van der Waals surface area contributed by atoms with Crippen LogP contribution in [-0.2, 0) is 11.3 Å². The minimum absolute atomic E-state index is 0.235. The maximum atomic E-state index is 10.5. The number of rotatable bonds is 6. The fraction of sp³-hybridized carbons (Fsp3) is 0.500. The fourth-order valence-electron chi connectivity index (χ4n) is 1.76. The first-order chi connectivity index (χ1) is 8.00. The molecule has 0 spiro atoms. The van der Waals surface area contributed by atoms with E-state index in [2.05, 4.69) is 30.9 Å². The van der Waals surface area contributed by atoms with Crippen LogP contribution in [0, 0.1) is 6.92 Å². The van der Waals surface area contributed by atoms with E-state index in [0.29, 0.717) is 6.42 Å². The van der Waals surface area contributed by atoms with Crippen molar-refractivity contribution in [2.45, 2.75) is 39.3 Å². The Morgan fingerprint density at radius 3 is 2.65 bits per heavy atom. The van der Waals surface area contributed by atoms with Crippen LogP contribution in [0.2, 0.25) is 0 Å². The van der Waals surface area contributed by atoms with Crippen molar-refractivity contribution in [2.75, 3.05) is 7.05 Å². The lowest BCUT2D eigenvalue weighted by Gasteiger charge is -2.25. The van der Waals surface area contributed by atoms with Gasteiger partial charge in [0.05, 0.1) is 0 Å². The van der Waals surface area contributed by atoms with Crippen molar-refractivity contribution < 1.29 is 9.90 Å². The van der Waals surface area contributed by atoms with Gasteiger partial charge >= 0.3 is 5.97 Å². The van der Waals surface area contributed by atoms with Gasteiger partial charge in [-0.15, -0.1) is 0 Å². The highest BCUT2D eigenvalue weighted by molar-refractivity contribution is 5.66. The molecule has 17 heavy (non-hydrogen) atoms. The third-order valence-electron chi connectivity index (χ3n) is 3.21. The van der Waals surface area contributed by atoms with E-state index in [1.54, 1.807) is 0 Å². The van der Waals surface area contributed by atoms with E-state index in [1.807, 2.05) is 19.2 Å². The summed E-state index contributed by atoms with van der Waals surface area (Å²) in [4.78, 5) is 12.7. The van der Waals surface area contributed by atoms with E-state index in [0.717, 1.165) is 6.54 Å². The van der Waals surface area contributed by atoms with Crippen LogP contribution in [-0.4, -0.2) is 29.1 Å². The second-order valence-corrected chi connectivity index (χ2v) is 4.62. The molecular formula is C14H21NO2. The van der Waals surface area contributed by atoms with Crippen LogP contribution in [0.1, 0.15) is 30.9 Å². The lowest BCUT2D eigenvalue weighted by molar-refractivity contribution is -0.137. The van der Waals surface area contributed by atoms with Gasteiger partial charge in [-0.25, -0.2) is 0 Å². The predicted molar refractivity (Wildman–Crippen MR) is 69.0 cm³/mol. The predicted octanol–water partition coefficient (Wildman–Crippen LogP) is 2.68. The topological polar surface area (TPSA) is 40.5 Å². The molecule has 0 saturated carbocycles. The lowest BCUT2D eigenvalue weighted by Crippen LogP contribution is -2.29. The lowest BCUT2D eigenvalue weighted by atomic mass is 10.1. The van der Waals surface area contributed by atoms with Gasteiger partial charge in [0.15, 0.2) is 0 Å². The second-order valence-electron chi connectivity index (χ2n) is 4.62. The molecule has 3 nitrogen and oxygen atoms in total. The van der Waals surface area contributed by atoms with Gasteiger partial charge in [-0.3, -0.25) is 9.69 Å². The van der Waals surface area contributed by atoms with Crippen LogP contribution < -0.4 is 0 Å². The summed E-state index contributed by atoms with van der Waals surface area (Å²) in [5, 5.41) is 8.66. The largest absolute Gasteiger partial charge is 0.481 e. The van der Waals surface area contributed by atoms with Crippen molar-refractivity contribution in [1.82, 2.24) is 4.90 Å². The van der Waals surface area contributed by atoms with Crippen molar-refractivity contribution in [3.05, 3.63) is 35.4 Å². The van der Waals surface area contributed by atoms with Crippen LogP contribution in [0.15, 0.2) is 24.3 Å². The quantitative estimate of drug-likeness (QED) is 0.824. The Kier molecular flexibility index (Phi) is 5.16. The zero-order valence-electron chi connectivity index (χ0n) is 10.8. The number of aryl methyl sites for hydroxylation is 1. The molecule has 0 aromatic heterocycles. The van der Waals surface area contributed by atoms with Crippen LogP contribution in [0.25, 0.3) is 0 Å². The molecule has 0 heterocycles. The Hall–Kier alpha value is -1.35. The molecule has 0 radical (unpaired) electrons. The summed E-state index contributed by atoms with van der Waals surface area (Å²) in [7, 11) is 2.04. The van der Waals surface area contributed by atoms with E-state index in [4.69, 9.17) is 5.11 Å². The van der Waals surface area contributed by atoms with Crippen LogP contribution in [0.3, 0.4) is 0 Å². The van der Waals surface area contributed by atoms with E-state index >= 15 is 0 Å². The Bertz CT molecular complexity index is 376. The Morgan fingerprint density at radius 1 is 1.41 bits per heavy atom. The number of hydrogen-bond acceptors (Lipinski definition) is 2. The van der Waals surface area contributed by atoms with E-state index in [9.17, 15) is 4.79 Å². The summed E-state index contributed by atoms with van der Waals surface area (Å²) in [6.45, 7) is 5.04. The maximum absolute atomic E-state index is 10.5. The molecule has 1 rings (SSSR count). The molecule has 0 aliphatic rings. The van der Waals surface area contributed by atoms with Gasteiger partial charge in [-0.2, -0.15) is 0 Å². The fourth-order valence-corrected chi connectivity index (χ4v) is 1.76. The third kappa shape index (κ3) is 4.57. The van der Waals surface area contributed by atoms with Crippen molar-refractivity contribution in [2.24, 2.45) is 0 Å². The summed E-state index contributed by atoms with van der Waals surface area (Å²) in [6, 6.07) is 8.58. The first-order valence-corrected chi connectivity index (χ1v) is 5.97. The Balaban J connectivity index is 2.51. The molecule has 94 valence electrons. The SMILES string of the molecule is Cc1ccccc1CN(C)C(C)CCC(=O)O. The number of aliphatic carboxylic acids is 1. The van der Waals surface area contributed by atoms with Crippen molar-refractivity contribution >= 4 is 5.97 Å². The summed E-state index contributed by atoms with van der Waals surface area (Å²) < 4.78 is 0. The van der Waals surface area contributed by atoms with Crippen molar-refractivity contribution in [3.8, 4) is 0 Å². The first-order valence-electron chi connectivity index (χ1n) is 5.97. The second kappa shape index (κ2) is 6.40. The molecular weight excluding hydrogens is 214 g/mol. The van der Waals surface area contributed by atoms with Crippen LogP contribution in [0.4, 0.5) is 0 Å². The molecule has 0 aliphatic carbocycles. The van der Waals surface area contributed by atoms with Crippen molar-refractivity contribution in [3.63, 3.8) is 0 Å². The molecule has 1 unspecified atom stereocenters. The standard InChI is InChI=1S/C14H21NO2/c1-11-6-4-5-7-13(11)10-15(3)12(2)8-9-14(16)17/h4-7,12H,8-10H2,1-3H3,(H,16,17). The molecule has 1 aromatic rings. The molecule has 0 bridgehead atoms. The van der Waals surface area contributed by atoms with Crippen LogP contribution in [0.5, 0.6) is 0 Å². The first kappa shape index (κ1) is 13.7. The average molecular weight is 235 g/mol. The summed E-state index contributed by atoms with van der Waals surface area (Å²) in [5.41, 5.74) is 2.59. The number of carbonyl (C=O) groups is 1. The minimum atomic E-state index is -0.721. The van der Waals surface area contributed by atoms with E-state index < -0.39 is 5.97 Å². The molecule has 0 amide bonds. The van der Waals surface area contributed by atoms with Gasteiger partial charge < -0.3 is 5.11 Å². The van der Waals surface area contributed by atoms with Gasteiger partial charge in [0.25, 0.3) is 0 Å². The number of nitrogens with zero attached hydrogens (tertiary/aromatic N) is 1. The number of hydrogen-bond donors (Lipinski definition) is 1. The average Bonchev–Trinajstić information content (AvgIpc) is 2.28. The molecule has 1 N–H and O–H groups in total. The zero-order valence-corrected chi connectivity index (χ0v) is 10.8. The highest BCUT2D eigenvalue weighted by Gasteiger charge is 2.11. The number of carboxylic acids is 1. The van der Waals surface area contributed by atoms with E-state index in [-0.39, 0.29) is 12.5 Å². The summed E-state index contributed by atoms with van der Waals surface area (Å²) in [6.07, 6.45) is 0.928. The van der Waals surface area contributed by atoms with Gasteiger partial charge in [0, 0.05) is 19.0 Å². The highest BCUT2D eigenvalue weighted by Crippen LogP contribution is 2.13. The Morgan fingerprint density at radius 2 is 2.06 bits per heavy atom. The highest BCUT2D eigenvalue weighted by atomic mass is 16.4. The summed E-state index contributed by atoms with van der Waals surface area (Å²) >= 11 is 0. The normalized spacial score (nSPS) is 12.7. The van der Waals surface area contributed by atoms with Crippen molar-refractivity contribution in [1.29, 1.82) is 0 Å². The molecule has 0 fully saturated rings. The molecule has 1 aromatic carbocycles. The van der Waals surface area contributed by atoms with Gasteiger partial charge in [0.1, 0.15) is 0 Å². The van der Waals surface area contributed by atoms with Crippen LogP contribution >= 0.6 is 0 Å². The monoisotopic (exact) mass is 235 g/mol. The molecule has 3 heteroatoms. The summed E-state index contributed by atoms with van der Waals surface area (Å²) in [5.74, 6) is -0.721.